The monoisotopic (exact) mass is 354 g/mol. The van der Waals surface area contributed by atoms with Crippen LogP contribution in [0.5, 0.6) is 0 Å². The van der Waals surface area contributed by atoms with E-state index in [1.54, 1.807) is 4.90 Å². The maximum absolute atomic E-state index is 12.8. The van der Waals surface area contributed by atoms with E-state index in [2.05, 4.69) is 0 Å². The lowest BCUT2D eigenvalue weighted by atomic mass is 10.1. The lowest BCUT2D eigenvalue weighted by molar-refractivity contribution is -0.384. The highest BCUT2D eigenvalue weighted by Gasteiger charge is 2.34. The van der Waals surface area contributed by atoms with Crippen LogP contribution < -0.4 is 4.90 Å². The summed E-state index contributed by atoms with van der Waals surface area (Å²) < 4.78 is 5.26. The number of para-hydroxylation sites is 1. The van der Waals surface area contributed by atoms with Crippen LogP contribution in [0.3, 0.4) is 0 Å². The molecule has 0 unspecified atom stereocenters. The average molecular weight is 354 g/mol. The number of ether oxygens (including phenoxy) is 1. The summed E-state index contributed by atoms with van der Waals surface area (Å²) in [7, 11) is 0. The van der Waals surface area contributed by atoms with Gasteiger partial charge in [-0.05, 0) is 38.0 Å². The fraction of sp³-hybridized carbons (Fsp3) is 0.263. The van der Waals surface area contributed by atoms with E-state index in [-0.39, 0.29) is 23.2 Å². The van der Waals surface area contributed by atoms with Crippen molar-refractivity contribution in [2.24, 2.45) is 0 Å². The number of fused-ring (bicyclic) bond motifs is 1. The van der Waals surface area contributed by atoms with Crippen molar-refractivity contribution < 1.29 is 19.2 Å². The fourth-order valence-corrected chi connectivity index (χ4v) is 3.12. The molecule has 0 spiro atoms. The van der Waals surface area contributed by atoms with Gasteiger partial charge in [0, 0.05) is 23.9 Å². The number of rotatable bonds is 4. The number of nitro groups is 1. The minimum atomic E-state index is -1.00. The summed E-state index contributed by atoms with van der Waals surface area (Å²) in [6.07, 6.45) is -0.261. The summed E-state index contributed by atoms with van der Waals surface area (Å²) in [5.74, 6) is -1.09. The molecule has 0 bridgehead atoms. The molecule has 2 aromatic rings. The van der Waals surface area contributed by atoms with E-state index in [0.717, 1.165) is 23.7 Å². The Hall–Kier alpha value is -3.22. The molecule has 0 saturated heterocycles. The van der Waals surface area contributed by atoms with Crippen molar-refractivity contribution in [2.75, 3.05) is 4.90 Å². The Labute approximate surface area is 150 Å². The zero-order valence-corrected chi connectivity index (χ0v) is 14.4. The molecule has 2 atom stereocenters. The van der Waals surface area contributed by atoms with E-state index in [0.29, 0.717) is 0 Å². The SMILES string of the molecule is C[C@H](OC(=O)c1cccc([N+](=O)[O-])c1)C(=O)N1c2ccccc2C[C@H]1C. The van der Waals surface area contributed by atoms with Gasteiger partial charge in [-0.3, -0.25) is 14.9 Å². The number of carbonyl (C=O) groups excluding carboxylic acids is 2. The van der Waals surface area contributed by atoms with Gasteiger partial charge in [-0.2, -0.15) is 0 Å². The summed E-state index contributed by atoms with van der Waals surface area (Å²) in [4.78, 5) is 36.9. The Morgan fingerprint density at radius 3 is 2.69 bits per heavy atom. The molecule has 1 heterocycles. The van der Waals surface area contributed by atoms with Gasteiger partial charge in [-0.15, -0.1) is 0 Å². The topological polar surface area (TPSA) is 89.7 Å². The molecule has 1 aliphatic rings. The van der Waals surface area contributed by atoms with E-state index in [9.17, 15) is 19.7 Å². The molecule has 0 aliphatic carbocycles. The second-order valence-corrected chi connectivity index (χ2v) is 6.25. The van der Waals surface area contributed by atoms with Crippen LogP contribution in [0.25, 0.3) is 0 Å². The first-order chi connectivity index (χ1) is 12.4. The number of amides is 1. The zero-order valence-electron chi connectivity index (χ0n) is 14.4. The Kier molecular flexibility index (Phi) is 4.71. The molecule has 1 amide bonds. The Balaban J connectivity index is 1.75. The van der Waals surface area contributed by atoms with E-state index >= 15 is 0 Å². The van der Waals surface area contributed by atoms with Gasteiger partial charge in [0.2, 0.25) is 0 Å². The highest BCUT2D eigenvalue weighted by Crippen LogP contribution is 2.32. The van der Waals surface area contributed by atoms with Crippen molar-refractivity contribution in [1.82, 2.24) is 0 Å². The van der Waals surface area contributed by atoms with Gasteiger partial charge in [-0.25, -0.2) is 4.79 Å². The van der Waals surface area contributed by atoms with Crippen molar-refractivity contribution in [3.8, 4) is 0 Å². The van der Waals surface area contributed by atoms with E-state index in [1.165, 1.54) is 25.1 Å². The molecule has 0 aromatic heterocycles. The van der Waals surface area contributed by atoms with Gasteiger partial charge < -0.3 is 9.64 Å². The molecule has 0 fully saturated rings. The third kappa shape index (κ3) is 3.28. The summed E-state index contributed by atoms with van der Waals surface area (Å²) in [5.41, 5.74) is 1.73. The van der Waals surface area contributed by atoms with Crippen LogP contribution >= 0.6 is 0 Å². The van der Waals surface area contributed by atoms with Crippen LogP contribution in [0.4, 0.5) is 11.4 Å². The quantitative estimate of drug-likeness (QED) is 0.478. The second-order valence-electron chi connectivity index (χ2n) is 6.25. The fourth-order valence-electron chi connectivity index (χ4n) is 3.12. The van der Waals surface area contributed by atoms with E-state index in [1.807, 2.05) is 31.2 Å². The van der Waals surface area contributed by atoms with Gasteiger partial charge in [0.05, 0.1) is 10.5 Å². The number of non-ortho nitro benzene ring substituents is 1. The number of esters is 1. The summed E-state index contributed by atoms with van der Waals surface area (Å²) in [6.45, 7) is 3.44. The third-order valence-electron chi connectivity index (χ3n) is 4.37. The molecule has 0 radical (unpaired) electrons. The predicted octanol–water partition coefficient (Wildman–Crippen LogP) is 3.12. The van der Waals surface area contributed by atoms with Gasteiger partial charge in [0.1, 0.15) is 0 Å². The lowest BCUT2D eigenvalue weighted by Gasteiger charge is -2.25. The number of anilines is 1. The molecule has 1 aliphatic heterocycles. The van der Waals surface area contributed by atoms with Gasteiger partial charge in [-0.1, -0.05) is 24.3 Å². The minimum absolute atomic E-state index is 0.0288. The van der Waals surface area contributed by atoms with Crippen molar-refractivity contribution in [1.29, 1.82) is 0 Å². The molecular weight excluding hydrogens is 336 g/mol. The predicted molar refractivity (Wildman–Crippen MR) is 95.1 cm³/mol. The van der Waals surface area contributed by atoms with Crippen molar-refractivity contribution in [2.45, 2.75) is 32.4 Å². The third-order valence-corrected chi connectivity index (χ3v) is 4.37. The highest BCUT2D eigenvalue weighted by molar-refractivity contribution is 6.01. The second kappa shape index (κ2) is 6.95. The summed E-state index contributed by atoms with van der Waals surface area (Å²) >= 11 is 0. The lowest BCUT2D eigenvalue weighted by Crippen LogP contribution is -2.43. The maximum atomic E-state index is 12.8. The van der Waals surface area contributed by atoms with Crippen LogP contribution in [0.1, 0.15) is 29.8 Å². The van der Waals surface area contributed by atoms with Gasteiger partial charge in [0.15, 0.2) is 6.10 Å². The van der Waals surface area contributed by atoms with Crippen molar-refractivity contribution in [3.05, 3.63) is 69.8 Å². The summed E-state index contributed by atoms with van der Waals surface area (Å²) in [6, 6.07) is 12.8. The number of carbonyl (C=O) groups is 2. The van der Waals surface area contributed by atoms with Crippen molar-refractivity contribution in [3.63, 3.8) is 0 Å². The Bertz CT molecular complexity index is 880. The molecule has 3 rings (SSSR count). The number of benzene rings is 2. The molecule has 134 valence electrons. The van der Waals surface area contributed by atoms with Crippen LogP contribution in [-0.2, 0) is 16.0 Å². The Morgan fingerprint density at radius 1 is 1.23 bits per heavy atom. The van der Waals surface area contributed by atoms with Crippen LogP contribution in [0, 0.1) is 10.1 Å². The van der Waals surface area contributed by atoms with E-state index < -0.39 is 17.0 Å². The van der Waals surface area contributed by atoms with Crippen molar-refractivity contribution >= 4 is 23.3 Å². The highest BCUT2D eigenvalue weighted by atomic mass is 16.6. The number of nitro benzene ring substituents is 1. The summed E-state index contributed by atoms with van der Waals surface area (Å²) in [5, 5.41) is 10.8. The van der Waals surface area contributed by atoms with Gasteiger partial charge in [0.25, 0.3) is 11.6 Å². The standard InChI is InChI=1S/C19H18N2O5/c1-12-10-14-6-3-4-9-17(14)20(12)18(22)13(2)26-19(23)15-7-5-8-16(11-15)21(24)25/h3-9,11-13H,10H2,1-2H3/t12-,13+/m1/s1. The number of hydrogen-bond acceptors (Lipinski definition) is 5. The molecule has 0 saturated carbocycles. The average Bonchev–Trinajstić information content (AvgIpc) is 2.96. The first kappa shape index (κ1) is 17.6. The largest absolute Gasteiger partial charge is 0.449 e. The Morgan fingerprint density at radius 2 is 1.96 bits per heavy atom. The van der Waals surface area contributed by atoms with Crippen LogP contribution in [-0.4, -0.2) is 28.9 Å². The normalized spacial score (nSPS) is 16.7. The molecular formula is C19H18N2O5. The van der Waals surface area contributed by atoms with Crippen LogP contribution in [0.2, 0.25) is 0 Å². The molecule has 7 heteroatoms. The zero-order chi connectivity index (χ0) is 18.8. The number of nitrogens with zero attached hydrogens (tertiary/aromatic N) is 2. The number of hydrogen-bond donors (Lipinski definition) is 0. The first-order valence-electron chi connectivity index (χ1n) is 8.25. The molecule has 0 N–H and O–H groups in total. The molecule has 7 nitrogen and oxygen atoms in total. The molecule has 2 aromatic carbocycles. The smallest absolute Gasteiger partial charge is 0.339 e. The molecule has 26 heavy (non-hydrogen) atoms. The van der Waals surface area contributed by atoms with Gasteiger partial charge >= 0.3 is 5.97 Å². The first-order valence-corrected chi connectivity index (χ1v) is 8.25. The maximum Gasteiger partial charge on any atom is 0.339 e. The van der Waals surface area contributed by atoms with Crippen LogP contribution in [0.15, 0.2) is 48.5 Å². The minimum Gasteiger partial charge on any atom is -0.449 e. The van der Waals surface area contributed by atoms with E-state index in [4.69, 9.17) is 4.74 Å².